The summed E-state index contributed by atoms with van der Waals surface area (Å²) >= 11 is 0. The molecule has 0 aliphatic rings. The van der Waals surface area contributed by atoms with E-state index in [2.05, 4.69) is 38.5 Å². The molecule has 0 bridgehead atoms. The van der Waals surface area contributed by atoms with E-state index < -0.39 is 0 Å². The van der Waals surface area contributed by atoms with Crippen molar-refractivity contribution in [2.24, 2.45) is 0 Å². The Kier molecular flexibility index (Phi) is 5.00. The van der Waals surface area contributed by atoms with Crippen LogP contribution in [0.3, 0.4) is 0 Å². The summed E-state index contributed by atoms with van der Waals surface area (Å²) in [5, 5.41) is 0. The number of anilines is 1. The van der Waals surface area contributed by atoms with Crippen LogP contribution in [0.4, 0.5) is 5.69 Å². The van der Waals surface area contributed by atoms with Gasteiger partial charge in [-0.25, -0.2) is 0 Å². The van der Waals surface area contributed by atoms with Crippen LogP contribution in [0.25, 0.3) is 0 Å². The van der Waals surface area contributed by atoms with Gasteiger partial charge in [0, 0.05) is 11.3 Å². The van der Waals surface area contributed by atoms with Crippen LogP contribution < -0.4 is 5.73 Å². The molecule has 1 aromatic rings. The molecule has 2 nitrogen and oxygen atoms in total. The smallest absolute Gasteiger partial charge is 0.141 e. The van der Waals surface area contributed by atoms with Crippen LogP contribution in [-0.2, 0) is 0 Å². The van der Waals surface area contributed by atoms with Crippen molar-refractivity contribution in [2.75, 3.05) is 25.9 Å². The van der Waals surface area contributed by atoms with Crippen molar-refractivity contribution < 1.29 is 4.48 Å². The van der Waals surface area contributed by atoms with Gasteiger partial charge in [0.25, 0.3) is 0 Å². The Morgan fingerprint density at radius 2 is 2.22 bits per heavy atom. The van der Waals surface area contributed by atoms with Gasteiger partial charge >= 0.3 is 0 Å². The van der Waals surface area contributed by atoms with Gasteiger partial charge in [-0.3, -0.25) is 0 Å². The second-order valence-electron chi connectivity index (χ2n) is 4.88. The normalized spacial score (nSPS) is 15.1. The predicted molar refractivity (Wildman–Crippen MR) is 78.8 cm³/mol. The van der Waals surface area contributed by atoms with Gasteiger partial charge in [-0.05, 0) is 38.0 Å². The first-order valence-corrected chi connectivity index (χ1v) is 6.23. The number of nitrogens with zero attached hydrogens (tertiary/aromatic N) is 1. The van der Waals surface area contributed by atoms with Gasteiger partial charge in [0.1, 0.15) is 12.6 Å². The summed E-state index contributed by atoms with van der Waals surface area (Å²) in [6.07, 6.45) is 1.96. The predicted octanol–water partition coefficient (Wildman–Crippen LogP) is 2.99. The fraction of sp³-hybridized carbons (Fsp3) is 0.375. The topological polar surface area (TPSA) is 26.0 Å². The van der Waals surface area contributed by atoms with Crippen LogP contribution >= 0.6 is 0 Å². The fourth-order valence-corrected chi connectivity index (χ4v) is 2.09. The average Bonchev–Trinajstić information content (AvgIpc) is 2.36. The van der Waals surface area contributed by atoms with Crippen molar-refractivity contribution >= 4 is 5.69 Å². The van der Waals surface area contributed by atoms with E-state index in [-0.39, 0.29) is 0 Å². The monoisotopic (exact) mass is 243 g/mol. The molecule has 0 radical (unpaired) electrons. The maximum atomic E-state index is 5.86. The van der Waals surface area contributed by atoms with Gasteiger partial charge in [-0.15, -0.1) is 5.92 Å². The van der Waals surface area contributed by atoms with Crippen LogP contribution in [0.15, 0.2) is 36.9 Å². The van der Waals surface area contributed by atoms with Gasteiger partial charge in [0.2, 0.25) is 0 Å². The van der Waals surface area contributed by atoms with Gasteiger partial charge < -0.3 is 10.2 Å². The van der Waals surface area contributed by atoms with Gasteiger partial charge in [-0.1, -0.05) is 18.7 Å². The molecular formula is C16H23N2+. The highest BCUT2D eigenvalue weighted by Crippen LogP contribution is 2.27. The van der Waals surface area contributed by atoms with E-state index in [4.69, 9.17) is 5.73 Å². The van der Waals surface area contributed by atoms with Crippen molar-refractivity contribution in [3.63, 3.8) is 0 Å². The van der Waals surface area contributed by atoms with Crippen molar-refractivity contribution in [1.82, 2.24) is 0 Å². The first kappa shape index (κ1) is 14.3. The first-order valence-electron chi connectivity index (χ1n) is 6.23. The summed E-state index contributed by atoms with van der Waals surface area (Å²) in [6, 6.07) is 8.43. The van der Waals surface area contributed by atoms with E-state index in [1.165, 1.54) is 5.56 Å². The lowest BCUT2D eigenvalue weighted by atomic mass is 10.0. The molecule has 2 N–H and O–H groups in total. The Labute approximate surface area is 111 Å². The molecule has 0 saturated heterocycles. The summed E-state index contributed by atoms with van der Waals surface area (Å²) < 4.78 is 0.827. The number of rotatable bonds is 5. The highest BCUT2D eigenvalue weighted by atomic mass is 15.3. The molecule has 0 heterocycles. The average molecular weight is 243 g/mol. The van der Waals surface area contributed by atoms with E-state index in [9.17, 15) is 0 Å². The van der Waals surface area contributed by atoms with Crippen molar-refractivity contribution in [3.8, 4) is 11.8 Å². The molecule has 2 atom stereocenters. The Morgan fingerprint density at radius 3 is 2.78 bits per heavy atom. The van der Waals surface area contributed by atoms with E-state index >= 15 is 0 Å². The summed E-state index contributed by atoms with van der Waals surface area (Å²) in [4.78, 5) is 0. The van der Waals surface area contributed by atoms with E-state index in [0.29, 0.717) is 6.04 Å². The highest BCUT2D eigenvalue weighted by Gasteiger charge is 2.28. The van der Waals surface area contributed by atoms with Crippen LogP contribution in [0, 0.1) is 11.8 Å². The molecule has 0 aliphatic heterocycles. The zero-order chi connectivity index (χ0) is 13.6. The molecule has 0 aliphatic carbocycles. The van der Waals surface area contributed by atoms with Crippen LogP contribution in [-0.4, -0.2) is 24.6 Å². The van der Waals surface area contributed by atoms with E-state index in [1.807, 2.05) is 31.2 Å². The zero-order valence-electron chi connectivity index (χ0n) is 11.6. The van der Waals surface area contributed by atoms with E-state index in [1.54, 1.807) is 0 Å². The Hall–Kier alpha value is -1.72. The third-order valence-corrected chi connectivity index (χ3v) is 3.49. The molecule has 1 aromatic carbocycles. The second kappa shape index (κ2) is 6.28. The number of nitrogens with two attached hydrogens (primary N) is 1. The fourth-order valence-electron chi connectivity index (χ4n) is 2.09. The molecule has 0 spiro atoms. The summed E-state index contributed by atoms with van der Waals surface area (Å²) in [6.45, 7) is 9.67. The van der Waals surface area contributed by atoms with Crippen molar-refractivity contribution in [2.45, 2.75) is 19.9 Å². The van der Waals surface area contributed by atoms with Gasteiger partial charge in [-0.2, -0.15) is 0 Å². The minimum absolute atomic E-state index is 0.340. The molecule has 1 rings (SSSR count). The zero-order valence-corrected chi connectivity index (χ0v) is 11.6. The molecule has 2 heteroatoms. The third kappa shape index (κ3) is 3.38. The van der Waals surface area contributed by atoms with Crippen molar-refractivity contribution in [3.05, 3.63) is 42.5 Å². The van der Waals surface area contributed by atoms with Crippen LogP contribution in [0.1, 0.15) is 25.5 Å². The molecule has 0 fully saturated rings. The number of quaternary nitrogens is 1. The quantitative estimate of drug-likeness (QED) is 0.366. The minimum Gasteiger partial charge on any atom is -0.399 e. The number of nitrogen functional groups attached to an aromatic ring is 1. The SMILES string of the molecule is C=CC[N+](C)(CC#CC)C(C)c1cccc(N)c1. The third-order valence-electron chi connectivity index (χ3n) is 3.49. The second-order valence-corrected chi connectivity index (χ2v) is 4.88. The number of benzene rings is 1. The summed E-state index contributed by atoms with van der Waals surface area (Å²) in [5.74, 6) is 6.16. The minimum atomic E-state index is 0.340. The Balaban J connectivity index is 3.03. The summed E-state index contributed by atoms with van der Waals surface area (Å²) in [5.41, 5.74) is 7.92. The standard InChI is InChI=1S/C16H23N2/c1-5-7-12-18(4,11-6-2)14(3)15-9-8-10-16(17)13-15/h6,8-10,13-14H,2,11-12,17H2,1,3-4H3/q+1. The molecular weight excluding hydrogens is 220 g/mol. The molecule has 0 saturated carbocycles. The molecule has 96 valence electrons. The van der Waals surface area contributed by atoms with Crippen LogP contribution in [0.5, 0.6) is 0 Å². The number of hydrogen-bond donors (Lipinski definition) is 1. The lowest BCUT2D eigenvalue weighted by molar-refractivity contribution is -0.925. The summed E-state index contributed by atoms with van der Waals surface area (Å²) in [7, 11) is 2.21. The Morgan fingerprint density at radius 1 is 1.50 bits per heavy atom. The number of hydrogen-bond acceptors (Lipinski definition) is 1. The highest BCUT2D eigenvalue weighted by molar-refractivity contribution is 5.41. The Bertz CT molecular complexity index is 467. The van der Waals surface area contributed by atoms with Gasteiger partial charge in [0.15, 0.2) is 0 Å². The maximum Gasteiger partial charge on any atom is 0.141 e. The first-order chi connectivity index (χ1) is 8.53. The lowest BCUT2D eigenvalue weighted by Crippen LogP contribution is -2.46. The van der Waals surface area contributed by atoms with Crippen molar-refractivity contribution in [1.29, 1.82) is 0 Å². The maximum absolute atomic E-state index is 5.86. The van der Waals surface area contributed by atoms with Gasteiger partial charge in [0.05, 0.1) is 13.6 Å². The largest absolute Gasteiger partial charge is 0.399 e. The molecule has 0 aromatic heterocycles. The molecule has 2 unspecified atom stereocenters. The van der Waals surface area contributed by atoms with Crippen LogP contribution in [0.2, 0.25) is 0 Å². The molecule has 18 heavy (non-hydrogen) atoms. The number of likely N-dealkylation sites (N-methyl/N-ethyl adjacent to an activating group) is 1. The lowest BCUT2D eigenvalue weighted by Gasteiger charge is -2.38. The van der Waals surface area contributed by atoms with E-state index in [0.717, 1.165) is 23.3 Å². The molecule has 0 amide bonds.